The van der Waals surface area contributed by atoms with Crippen LogP contribution in [0.1, 0.15) is 55.9 Å². The number of nitrogens with zero attached hydrogens (tertiary/aromatic N) is 1. The zero-order valence-corrected chi connectivity index (χ0v) is 17.7. The molecule has 166 valence electrons. The van der Waals surface area contributed by atoms with Gasteiger partial charge in [0, 0.05) is 43.7 Å². The van der Waals surface area contributed by atoms with Gasteiger partial charge in [0.1, 0.15) is 17.2 Å². The summed E-state index contributed by atoms with van der Waals surface area (Å²) in [6, 6.07) is 11.6. The van der Waals surface area contributed by atoms with E-state index in [2.05, 4.69) is 10.2 Å². The second-order valence-corrected chi connectivity index (χ2v) is 8.53. The van der Waals surface area contributed by atoms with Crippen LogP contribution in [0, 0.1) is 5.82 Å². The Hall–Kier alpha value is -2.48. The molecule has 0 radical (unpaired) electrons. The number of rotatable bonds is 5. The van der Waals surface area contributed by atoms with E-state index >= 15 is 0 Å². The molecule has 2 aliphatic rings. The molecule has 0 aromatic heterocycles. The van der Waals surface area contributed by atoms with Crippen LogP contribution in [0.4, 0.5) is 10.1 Å². The first-order valence-electron chi connectivity index (χ1n) is 10.8. The Morgan fingerprint density at radius 2 is 1.97 bits per heavy atom. The number of fused-ring (bicyclic) bond motifs is 1. The van der Waals surface area contributed by atoms with Crippen molar-refractivity contribution in [3.63, 3.8) is 0 Å². The third kappa shape index (κ3) is 4.89. The number of likely N-dealkylation sites (tertiary alicyclic amines) is 1. The van der Waals surface area contributed by atoms with E-state index in [0.717, 1.165) is 37.2 Å². The first-order chi connectivity index (χ1) is 14.9. The summed E-state index contributed by atoms with van der Waals surface area (Å²) in [6.07, 6.45) is 0.967. The average molecular weight is 429 g/mol. The number of aliphatic hydroxyl groups excluding tert-OH is 2. The van der Waals surface area contributed by atoms with Crippen molar-refractivity contribution >= 4 is 11.6 Å². The Balaban J connectivity index is 1.33. The Morgan fingerprint density at radius 1 is 1.26 bits per heavy atom. The van der Waals surface area contributed by atoms with E-state index < -0.39 is 17.8 Å². The molecule has 0 aliphatic carbocycles. The van der Waals surface area contributed by atoms with Crippen LogP contribution in [-0.4, -0.2) is 46.3 Å². The van der Waals surface area contributed by atoms with Gasteiger partial charge in [-0.2, -0.15) is 0 Å². The fourth-order valence-corrected chi connectivity index (χ4v) is 4.45. The van der Waals surface area contributed by atoms with Gasteiger partial charge in [0.15, 0.2) is 0 Å². The number of anilines is 1. The number of aliphatic hydroxyl groups is 2. The summed E-state index contributed by atoms with van der Waals surface area (Å²) in [4.78, 5) is 13.7. The van der Waals surface area contributed by atoms with E-state index in [9.17, 15) is 19.4 Å². The molecule has 1 amide bonds. The quantitative estimate of drug-likeness (QED) is 0.679. The van der Waals surface area contributed by atoms with Crippen LogP contribution in [-0.2, 0) is 4.79 Å². The predicted octanol–water partition coefficient (Wildman–Crippen LogP) is 3.56. The van der Waals surface area contributed by atoms with Gasteiger partial charge in [0.25, 0.3) is 0 Å². The SMILES string of the molecule is CCC(=O)Nc1ccc([C@@H](O)CN2CCC3(CC2)C[C@H](O)c2cc(F)ccc2O3)cc1. The number of β-amino-alcohol motifs (C(OH)–C–C–N with tert-alkyl or cyclic N) is 1. The lowest BCUT2D eigenvalue weighted by Crippen LogP contribution is -2.51. The van der Waals surface area contributed by atoms with Crippen LogP contribution < -0.4 is 10.1 Å². The minimum atomic E-state index is -0.733. The molecule has 2 aromatic carbocycles. The Morgan fingerprint density at radius 3 is 2.65 bits per heavy atom. The first kappa shape index (κ1) is 21.7. The summed E-state index contributed by atoms with van der Waals surface area (Å²) in [5.41, 5.74) is 1.58. The predicted molar refractivity (Wildman–Crippen MR) is 115 cm³/mol. The van der Waals surface area contributed by atoms with E-state index in [1.165, 1.54) is 12.1 Å². The lowest BCUT2D eigenvalue weighted by Gasteiger charge is -2.46. The van der Waals surface area contributed by atoms with Crippen molar-refractivity contribution in [2.75, 3.05) is 25.0 Å². The van der Waals surface area contributed by atoms with Gasteiger partial charge in [-0.1, -0.05) is 19.1 Å². The van der Waals surface area contributed by atoms with E-state index in [1.54, 1.807) is 25.1 Å². The Kier molecular flexibility index (Phi) is 6.27. The van der Waals surface area contributed by atoms with E-state index in [-0.39, 0.29) is 11.7 Å². The molecule has 0 saturated carbocycles. The fourth-order valence-electron chi connectivity index (χ4n) is 4.45. The number of piperidine rings is 1. The number of carbonyl (C=O) groups is 1. The van der Waals surface area contributed by atoms with E-state index in [4.69, 9.17) is 4.74 Å². The van der Waals surface area contributed by atoms with Crippen molar-refractivity contribution in [1.29, 1.82) is 0 Å². The second kappa shape index (κ2) is 8.94. The molecule has 1 saturated heterocycles. The largest absolute Gasteiger partial charge is 0.487 e. The lowest BCUT2D eigenvalue weighted by atomic mass is 9.81. The molecule has 2 aliphatic heterocycles. The minimum Gasteiger partial charge on any atom is -0.487 e. The molecule has 3 N–H and O–H groups in total. The van der Waals surface area contributed by atoms with Gasteiger partial charge in [0.2, 0.25) is 5.91 Å². The van der Waals surface area contributed by atoms with Crippen LogP contribution >= 0.6 is 0 Å². The molecule has 1 spiro atoms. The number of halogens is 1. The number of hydrogen-bond donors (Lipinski definition) is 3. The summed E-state index contributed by atoms with van der Waals surface area (Å²) in [6.45, 7) is 3.78. The zero-order chi connectivity index (χ0) is 22.0. The molecular weight excluding hydrogens is 399 g/mol. The molecular formula is C24H29FN2O4. The highest BCUT2D eigenvalue weighted by Crippen LogP contribution is 2.44. The maximum absolute atomic E-state index is 13.5. The highest BCUT2D eigenvalue weighted by molar-refractivity contribution is 5.90. The summed E-state index contributed by atoms with van der Waals surface area (Å²) >= 11 is 0. The molecule has 0 unspecified atom stereocenters. The molecule has 0 bridgehead atoms. The molecule has 2 aromatic rings. The maximum atomic E-state index is 13.5. The normalized spacial score (nSPS) is 21.2. The summed E-state index contributed by atoms with van der Waals surface area (Å²) in [5, 5.41) is 24.0. The first-order valence-corrected chi connectivity index (χ1v) is 10.8. The number of benzene rings is 2. The molecule has 2 heterocycles. The van der Waals surface area contributed by atoms with Crippen molar-refractivity contribution in [2.24, 2.45) is 0 Å². The summed E-state index contributed by atoms with van der Waals surface area (Å²) in [5.74, 6) is 0.143. The molecule has 6 nitrogen and oxygen atoms in total. The van der Waals surface area contributed by atoms with Crippen molar-refractivity contribution < 1.29 is 24.1 Å². The molecule has 7 heteroatoms. The molecule has 2 atom stereocenters. The van der Waals surface area contributed by atoms with Crippen LogP contribution in [0.25, 0.3) is 0 Å². The molecule has 4 rings (SSSR count). The Labute approximate surface area is 181 Å². The van der Waals surface area contributed by atoms with Crippen molar-refractivity contribution in [3.8, 4) is 5.75 Å². The number of amides is 1. The van der Waals surface area contributed by atoms with Gasteiger partial charge in [-0.25, -0.2) is 4.39 Å². The summed E-state index contributed by atoms with van der Waals surface area (Å²) < 4.78 is 19.7. The third-order valence-electron chi connectivity index (χ3n) is 6.32. The van der Waals surface area contributed by atoms with Crippen LogP contribution in [0.2, 0.25) is 0 Å². The fraction of sp³-hybridized carbons (Fsp3) is 0.458. The Bertz CT molecular complexity index is 926. The average Bonchev–Trinajstić information content (AvgIpc) is 2.76. The third-order valence-corrected chi connectivity index (χ3v) is 6.32. The highest BCUT2D eigenvalue weighted by atomic mass is 19.1. The topological polar surface area (TPSA) is 82.0 Å². The minimum absolute atomic E-state index is 0.0432. The zero-order valence-electron chi connectivity index (χ0n) is 17.7. The molecule has 1 fully saturated rings. The molecule has 31 heavy (non-hydrogen) atoms. The second-order valence-electron chi connectivity index (χ2n) is 8.53. The van der Waals surface area contributed by atoms with Gasteiger partial charge in [0.05, 0.1) is 12.2 Å². The lowest BCUT2D eigenvalue weighted by molar-refractivity contribution is -0.115. The van der Waals surface area contributed by atoms with Gasteiger partial charge in [-0.05, 0) is 48.7 Å². The smallest absolute Gasteiger partial charge is 0.224 e. The monoisotopic (exact) mass is 428 g/mol. The van der Waals surface area contributed by atoms with Crippen molar-refractivity contribution in [2.45, 2.75) is 50.4 Å². The van der Waals surface area contributed by atoms with E-state index in [0.29, 0.717) is 30.7 Å². The van der Waals surface area contributed by atoms with Gasteiger partial charge < -0.3 is 25.2 Å². The number of hydrogen-bond acceptors (Lipinski definition) is 5. The van der Waals surface area contributed by atoms with Crippen molar-refractivity contribution in [3.05, 3.63) is 59.4 Å². The maximum Gasteiger partial charge on any atom is 0.224 e. The van der Waals surface area contributed by atoms with Gasteiger partial charge in [-0.15, -0.1) is 0 Å². The van der Waals surface area contributed by atoms with Crippen molar-refractivity contribution in [1.82, 2.24) is 4.90 Å². The van der Waals surface area contributed by atoms with Crippen LogP contribution in [0.3, 0.4) is 0 Å². The standard InChI is InChI=1S/C24H29FN2O4/c1-2-23(30)26-18-6-3-16(4-7-18)21(29)15-27-11-9-24(10-12-27)14-20(28)19-13-17(25)5-8-22(19)31-24/h3-8,13,20-21,28-29H,2,9-12,14-15H2,1H3,(H,26,30)/t20-,21-/m0/s1. The van der Waals surface area contributed by atoms with Gasteiger partial charge in [-0.3, -0.25) is 4.79 Å². The van der Waals surface area contributed by atoms with Crippen LogP contribution in [0.5, 0.6) is 5.75 Å². The van der Waals surface area contributed by atoms with Crippen LogP contribution in [0.15, 0.2) is 42.5 Å². The number of nitrogens with one attached hydrogen (secondary N) is 1. The van der Waals surface area contributed by atoms with E-state index in [1.807, 2.05) is 12.1 Å². The highest BCUT2D eigenvalue weighted by Gasteiger charge is 2.43. The number of ether oxygens (including phenoxy) is 1. The van der Waals surface area contributed by atoms with Gasteiger partial charge >= 0.3 is 0 Å². The number of carbonyl (C=O) groups excluding carboxylic acids is 1. The summed E-state index contributed by atoms with van der Waals surface area (Å²) in [7, 11) is 0.